The molecule has 0 saturated carbocycles. The van der Waals surface area contributed by atoms with Gasteiger partial charge < -0.3 is 20.1 Å². The van der Waals surface area contributed by atoms with Crippen LogP contribution < -0.4 is 20.1 Å². The van der Waals surface area contributed by atoms with E-state index in [1.54, 1.807) is 32.4 Å². The van der Waals surface area contributed by atoms with Gasteiger partial charge in [-0.1, -0.05) is 0 Å². The zero-order valence-corrected chi connectivity index (χ0v) is 12.6. The van der Waals surface area contributed by atoms with Crippen molar-refractivity contribution >= 4 is 11.6 Å². The van der Waals surface area contributed by atoms with Crippen LogP contribution in [-0.2, 0) is 4.79 Å². The van der Waals surface area contributed by atoms with Crippen LogP contribution in [0.15, 0.2) is 18.2 Å². The fourth-order valence-electron chi connectivity index (χ4n) is 2.35. The van der Waals surface area contributed by atoms with Crippen LogP contribution in [0.2, 0.25) is 0 Å². The SMILES string of the molecule is COc1ccc(NC(=O)CN2CCCNCC2)c(OC)c1. The average molecular weight is 293 g/mol. The second kappa shape index (κ2) is 7.85. The number of rotatable bonds is 5. The van der Waals surface area contributed by atoms with Crippen molar-refractivity contribution in [3.63, 3.8) is 0 Å². The van der Waals surface area contributed by atoms with E-state index in [4.69, 9.17) is 9.47 Å². The number of nitrogens with one attached hydrogen (secondary N) is 2. The first kappa shape index (κ1) is 15.6. The van der Waals surface area contributed by atoms with Crippen molar-refractivity contribution in [3.8, 4) is 11.5 Å². The van der Waals surface area contributed by atoms with Gasteiger partial charge in [-0.15, -0.1) is 0 Å². The number of nitrogens with zero attached hydrogens (tertiary/aromatic N) is 1. The fraction of sp³-hybridized carbons (Fsp3) is 0.533. The second-order valence-electron chi connectivity index (χ2n) is 4.99. The van der Waals surface area contributed by atoms with Crippen molar-refractivity contribution in [3.05, 3.63) is 18.2 Å². The first-order chi connectivity index (χ1) is 10.2. The van der Waals surface area contributed by atoms with Gasteiger partial charge in [0.1, 0.15) is 11.5 Å². The van der Waals surface area contributed by atoms with Crippen LogP contribution in [0.5, 0.6) is 11.5 Å². The number of benzene rings is 1. The maximum absolute atomic E-state index is 12.2. The van der Waals surface area contributed by atoms with Crippen LogP contribution in [0.3, 0.4) is 0 Å². The Hall–Kier alpha value is -1.79. The number of carbonyl (C=O) groups is 1. The van der Waals surface area contributed by atoms with Crippen LogP contribution in [-0.4, -0.2) is 57.8 Å². The number of anilines is 1. The standard InChI is InChI=1S/C15H23N3O3/c1-20-12-4-5-13(14(10-12)21-2)17-15(19)11-18-8-3-6-16-7-9-18/h4-5,10,16H,3,6-9,11H2,1-2H3,(H,17,19). The number of hydrogen-bond acceptors (Lipinski definition) is 5. The van der Waals surface area contributed by atoms with E-state index in [0.29, 0.717) is 23.7 Å². The van der Waals surface area contributed by atoms with Gasteiger partial charge >= 0.3 is 0 Å². The highest BCUT2D eigenvalue weighted by Crippen LogP contribution is 2.28. The minimum atomic E-state index is -0.0274. The minimum Gasteiger partial charge on any atom is -0.497 e. The van der Waals surface area contributed by atoms with E-state index in [9.17, 15) is 4.79 Å². The van der Waals surface area contributed by atoms with Gasteiger partial charge in [0.25, 0.3) is 0 Å². The summed E-state index contributed by atoms with van der Waals surface area (Å²) in [6.07, 6.45) is 1.07. The number of carbonyl (C=O) groups excluding carboxylic acids is 1. The molecule has 0 radical (unpaired) electrons. The summed E-state index contributed by atoms with van der Waals surface area (Å²) in [5.74, 6) is 1.27. The quantitative estimate of drug-likeness (QED) is 0.846. The Balaban J connectivity index is 1.95. The van der Waals surface area contributed by atoms with Gasteiger partial charge in [0, 0.05) is 19.2 Å². The van der Waals surface area contributed by atoms with Crippen molar-refractivity contribution in [2.24, 2.45) is 0 Å². The van der Waals surface area contributed by atoms with Crippen LogP contribution in [0.25, 0.3) is 0 Å². The van der Waals surface area contributed by atoms with Gasteiger partial charge in [-0.25, -0.2) is 0 Å². The molecule has 0 aromatic heterocycles. The lowest BCUT2D eigenvalue weighted by Gasteiger charge is -2.19. The first-order valence-electron chi connectivity index (χ1n) is 7.18. The second-order valence-corrected chi connectivity index (χ2v) is 4.99. The van der Waals surface area contributed by atoms with Gasteiger partial charge in [0.15, 0.2) is 0 Å². The summed E-state index contributed by atoms with van der Waals surface area (Å²) in [6.45, 7) is 4.19. The molecule has 1 aromatic carbocycles. The Labute approximate surface area is 125 Å². The van der Waals surface area contributed by atoms with E-state index < -0.39 is 0 Å². The highest BCUT2D eigenvalue weighted by molar-refractivity contribution is 5.93. The zero-order chi connectivity index (χ0) is 15.1. The predicted molar refractivity (Wildman–Crippen MR) is 82.1 cm³/mol. The molecule has 0 aliphatic carbocycles. The van der Waals surface area contributed by atoms with E-state index in [-0.39, 0.29) is 5.91 Å². The first-order valence-corrected chi connectivity index (χ1v) is 7.18. The molecule has 0 spiro atoms. The fourth-order valence-corrected chi connectivity index (χ4v) is 2.35. The van der Waals surface area contributed by atoms with Crippen molar-refractivity contribution in [2.45, 2.75) is 6.42 Å². The molecule has 1 heterocycles. The normalized spacial score (nSPS) is 16.1. The maximum atomic E-state index is 12.2. The number of ether oxygens (including phenoxy) is 2. The third kappa shape index (κ3) is 4.61. The van der Waals surface area contributed by atoms with Gasteiger partial charge in [0.2, 0.25) is 5.91 Å². The summed E-state index contributed by atoms with van der Waals surface area (Å²) >= 11 is 0. The van der Waals surface area contributed by atoms with E-state index in [1.807, 2.05) is 0 Å². The van der Waals surface area contributed by atoms with Crippen LogP contribution in [0, 0.1) is 0 Å². The van der Waals surface area contributed by atoms with Crippen LogP contribution >= 0.6 is 0 Å². The molecule has 6 heteroatoms. The molecule has 1 fully saturated rings. The highest BCUT2D eigenvalue weighted by Gasteiger charge is 2.14. The summed E-state index contributed by atoms with van der Waals surface area (Å²) < 4.78 is 10.4. The van der Waals surface area contributed by atoms with Gasteiger partial charge in [-0.3, -0.25) is 9.69 Å². The summed E-state index contributed by atoms with van der Waals surface area (Å²) in [6, 6.07) is 5.35. The number of hydrogen-bond donors (Lipinski definition) is 2. The van der Waals surface area contributed by atoms with Crippen LogP contribution in [0.1, 0.15) is 6.42 Å². The molecular formula is C15H23N3O3. The number of methoxy groups -OCH3 is 2. The molecule has 0 unspecified atom stereocenters. The topological polar surface area (TPSA) is 62.8 Å². The monoisotopic (exact) mass is 293 g/mol. The van der Waals surface area contributed by atoms with Crippen molar-refractivity contribution < 1.29 is 14.3 Å². The summed E-state index contributed by atoms with van der Waals surface area (Å²) in [5.41, 5.74) is 0.663. The molecule has 1 aliphatic heterocycles. The Morgan fingerprint density at radius 3 is 2.90 bits per heavy atom. The van der Waals surface area contributed by atoms with E-state index in [0.717, 1.165) is 32.6 Å². The van der Waals surface area contributed by atoms with E-state index >= 15 is 0 Å². The molecule has 1 aliphatic rings. The Morgan fingerprint density at radius 2 is 2.14 bits per heavy atom. The lowest BCUT2D eigenvalue weighted by atomic mass is 10.2. The minimum absolute atomic E-state index is 0.0274. The van der Waals surface area contributed by atoms with Gasteiger partial charge in [-0.05, 0) is 31.6 Å². The molecule has 6 nitrogen and oxygen atoms in total. The van der Waals surface area contributed by atoms with Crippen LogP contribution in [0.4, 0.5) is 5.69 Å². The lowest BCUT2D eigenvalue weighted by Crippen LogP contribution is -2.35. The molecule has 1 amide bonds. The summed E-state index contributed by atoms with van der Waals surface area (Å²) in [4.78, 5) is 14.3. The molecule has 1 saturated heterocycles. The molecule has 0 atom stereocenters. The maximum Gasteiger partial charge on any atom is 0.238 e. The third-order valence-electron chi connectivity index (χ3n) is 3.48. The van der Waals surface area contributed by atoms with E-state index in [1.165, 1.54) is 0 Å². The van der Waals surface area contributed by atoms with Crippen molar-refractivity contribution in [1.29, 1.82) is 0 Å². The molecule has 2 rings (SSSR count). The predicted octanol–water partition coefficient (Wildman–Crippen LogP) is 0.938. The molecule has 2 N–H and O–H groups in total. The van der Waals surface area contributed by atoms with Gasteiger partial charge in [-0.2, -0.15) is 0 Å². The molecule has 116 valence electrons. The molecular weight excluding hydrogens is 270 g/mol. The summed E-state index contributed by atoms with van der Waals surface area (Å²) in [5, 5.41) is 6.22. The van der Waals surface area contributed by atoms with Crippen molar-refractivity contribution in [2.75, 3.05) is 52.3 Å². The Bertz CT molecular complexity index is 471. The molecule has 0 bridgehead atoms. The zero-order valence-electron chi connectivity index (χ0n) is 12.6. The smallest absolute Gasteiger partial charge is 0.238 e. The Morgan fingerprint density at radius 1 is 1.29 bits per heavy atom. The average Bonchev–Trinajstić information content (AvgIpc) is 2.76. The van der Waals surface area contributed by atoms with Gasteiger partial charge in [0.05, 0.1) is 26.5 Å². The molecule has 21 heavy (non-hydrogen) atoms. The summed E-state index contributed by atoms with van der Waals surface area (Å²) in [7, 11) is 3.17. The largest absolute Gasteiger partial charge is 0.497 e. The lowest BCUT2D eigenvalue weighted by molar-refractivity contribution is -0.117. The third-order valence-corrected chi connectivity index (χ3v) is 3.48. The van der Waals surface area contributed by atoms with Crippen molar-refractivity contribution in [1.82, 2.24) is 10.2 Å². The highest BCUT2D eigenvalue weighted by atomic mass is 16.5. The molecule has 1 aromatic rings. The number of amides is 1. The Kier molecular flexibility index (Phi) is 5.83. The van der Waals surface area contributed by atoms with E-state index in [2.05, 4.69) is 15.5 Å².